The highest BCUT2D eigenvalue weighted by Gasteiger charge is 2.26. The van der Waals surface area contributed by atoms with Gasteiger partial charge in [-0.1, -0.05) is 23.7 Å². The molecule has 9 nitrogen and oxygen atoms in total. The fourth-order valence-electron chi connectivity index (χ4n) is 2.81. The first-order valence-electron chi connectivity index (χ1n) is 8.68. The van der Waals surface area contributed by atoms with Crippen LogP contribution in [0.1, 0.15) is 10.4 Å². The zero-order chi connectivity index (χ0) is 21.0. The molecule has 29 heavy (non-hydrogen) atoms. The Hall–Kier alpha value is -2.53. The SMILES string of the molecule is O=C(CNc1ccc(Cl)c([N+](=O)[O-])c1)c1cccc(S(=O)(=O)N2CCOCC2)c1. The molecule has 1 fully saturated rings. The van der Waals surface area contributed by atoms with Crippen molar-refractivity contribution in [2.45, 2.75) is 4.90 Å². The number of hydrogen-bond donors (Lipinski definition) is 1. The van der Waals surface area contributed by atoms with Gasteiger partial charge in [0.05, 0.1) is 29.6 Å². The maximum atomic E-state index is 12.7. The number of carbonyl (C=O) groups excluding carboxylic acids is 1. The lowest BCUT2D eigenvalue weighted by Crippen LogP contribution is -2.40. The molecule has 1 saturated heterocycles. The first-order valence-corrected chi connectivity index (χ1v) is 10.5. The Balaban J connectivity index is 1.73. The standard InChI is InChI=1S/C18H18ClN3O6S/c19-16-5-4-14(11-17(16)22(24)25)20-12-18(23)13-2-1-3-15(10-13)29(26,27)21-6-8-28-9-7-21/h1-5,10-11,20H,6-9,12H2. The first-order chi connectivity index (χ1) is 13.8. The molecule has 0 atom stereocenters. The largest absolute Gasteiger partial charge is 0.379 e. The Morgan fingerprint density at radius 3 is 2.62 bits per heavy atom. The van der Waals surface area contributed by atoms with Crippen LogP contribution in [0.25, 0.3) is 0 Å². The molecule has 11 heteroatoms. The minimum atomic E-state index is -3.71. The summed E-state index contributed by atoms with van der Waals surface area (Å²) in [6.07, 6.45) is 0. The lowest BCUT2D eigenvalue weighted by Gasteiger charge is -2.26. The number of morpholine rings is 1. The van der Waals surface area contributed by atoms with E-state index in [1.54, 1.807) is 0 Å². The second kappa shape index (κ2) is 8.87. The lowest BCUT2D eigenvalue weighted by atomic mass is 10.1. The monoisotopic (exact) mass is 439 g/mol. The minimum absolute atomic E-state index is 0.00658. The van der Waals surface area contributed by atoms with Crippen LogP contribution in [-0.4, -0.2) is 56.3 Å². The maximum absolute atomic E-state index is 12.7. The van der Waals surface area contributed by atoms with E-state index in [2.05, 4.69) is 5.32 Å². The number of hydrogen-bond acceptors (Lipinski definition) is 7. The lowest BCUT2D eigenvalue weighted by molar-refractivity contribution is -0.384. The molecule has 1 heterocycles. The van der Waals surface area contributed by atoms with Crippen molar-refractivity contribution < 1.29 is 22.9 Å². The summed E-state index contributed by atoms with van der Waals surface area (Å²) in [4.78, 5) is 22.9. The Labute approximate surface area is 172 Å². The molecule has 2 aromatic rings. The molecule has 0 radical (unpaired) electrons. The summed E-state index contributed by atoms with van der Waals surface area (Å²) in [6, 6.07) is 9.91. The van der Waals surface area contributed by atoms with Crippen molar-refractivity contribution in [2.75, 3.05) is 38.2 Å². The molecular weight excluding hydrogens is 422 g/mol. The number of benzene rings is 2. The number of nitro groups is 1. The van der Waals surface area contributed by atoms with E-state index in [0.29, 0.717) is 18.9 Å². The summed E-state index contributed by atoms with van der Waals surface area (Å²) < 4.78 is 32.0. The number of sulfonamides is 1. The van der Waals surface area contributed by atoms with Crippen LogP contribution >= 0.6 is 11.6 Å². The van der Waals surface area contributed by atoms with Gasteiger partial charge in [-0.05, 0) is 24.3 Å². The molecule has 3 rings (SSSR count). The summed E-state index contributed by atoms with van der Waals surface area (Å²) in [5.74, 6) is -0.360. The van der Waals surface area contributed by atoms with E-state index in [1.807, 2.05) is 0 Å². The predicted octanol–water partition coefficient (Wildman–Crippen LogP) is 2.56. The van der Waals surface area contributed by atoms with Gasteiger partial charge in [0, 0.05) is 30.4 Å². The second-order valence-corrected chi connectivity index (χ2v) is 8.59. The number of nitrogens with one attached hydrogen (secondary N) is 1. The van der Waals surface area contributed by atoms with E-state index in [9.17, 15) is 23.3 Å². The highest BCUT2D eigenvalue weighted by molar-refractivity contribution is 7.89. The third-order valence-corrected chi connectivity index (χ3v) is 6.57. The zero-order valence-corrected chi connectivity index (χ0v) is 16.8. The molecule has 1 aliphatic rings. The molecule has 0 saturated carbocycles. The number of halogens is 1. The van der Waals surface area contributed by atoms with E-state index >= 15 is 0 Å². The van der Waals surface area contributed by atoms with Crippen molar-refractivity contribution in [1.82, 2.24) is 4.31 Å². The van der Waals surface area contributed by atoms with Gasteiger partial charge in [-0.3, -0.25) is 14.9 Å². The second-order valence-electron chi connectivity index (χ2n) is 6.24. The number of nitro benzene ring substituents is 1. The van der Waals surface area contributed by atoms with Crippen LogP contribution < -0.4 is 5.32 Å². The molecular formula is C18H18ClN3O6S. The third kappa shape index (κ3) is 4.91. The van der Waals surface area contributed by atoms with Crippen LogP contribution in [0.2, 0.25) is 5.02 Å². The highest BCUT2D eigenvalue weighted by Crippen LogP contribution is 2.27. The number of ketones is 1. The average molecular weight is 440 g/mol. The molecule has 154 valence electrons. The Kier molecular flexibility index (Phi) is 6.48. The van der Waals surface area contributed by atoms with Crippen LogP contribution in [0.15, 0.2) is 47.4 Å². The maximum Gasteiger partial charge on any atom is 0.289 e. The van der Waals surface area contributed by atoms with Gasteiger partial charge in [0.15, 0.2) is 5.78 Å². The minimum Gasteiger partial charge on any atom is -0.379 e. The van der Waals surface area contributed by atoms with Crippen molar-refractivity contribution in [2.24, 2.45) is 0 Å². The van der Waals surface area contributed by atoms with E-state index in [-0.39, 0.29) is 46.6 Å². The summed E-state index contributed by atoms with van der Waals surface area (Å²) in [5, 5.41) is 13.7. The van der Waals surface area contributed by atoms with Crippen molar-refractivity contribution in [1.29, 1.82) is 0 Å². The molecule has 0 aromatic heterocycles. The van der Waals surface area contributed by atoms with Crippen LogP contribution in [0.5, 0.6) is 0 Å². The Morgan fingerprint density at radius 2 is 1.93 bits per heavy atom. The van der Waals surface area contributed by atoms with Crippen molar-refractivity contribution in [3.8, 4) is 0 Å². The number of rotatable bonds is 7. The summed E-state index contributed by atoms with van der Waals surface area (Å²) in [5.41, 5.74) is 0.296. The van der Waals surface area contributed by atoms with E-state index < -0.39 is 14.9 Å². The normalized spacial score (nSPS) is 15.1. The number of nitrogens with zero attached hydrogens (tertiary/aromatic N) is 2. The van der Waals surface area contributed by atoms with Gasteiger partial charge >= 0.3 is 0 Å². The van der Waals surface area contributed by atoms with Crippen LogP contribution in [0.4, 0.5) is 11.4 Å². The summed E-state index contributed by atoms with van der Waals surface area (Å²) in [7, 11) is -3.71. The highest BCUT2D eigenvalue weighted by atomic mass is 35.5. The van der Waals surface area contributed by atoms with Crippen molar-refractivity contribution >= 4 is 38.8 Å². The quantitative estimate of drug-likeness (QED) is 0.400. The molecule has 0 amide bonds. The van der Waals surface area contributed by atoms with Gasteiger partial charge in [-0.2, -0.15) is 4.31 Å². The summed E-state index contributed by atoms with van der Waals surface area (Å²) >= 11 is 5.77. The van der Waals surface area contributed by atoms with Gasteiger partial charge in [0.2, 0.25) is 10.0 Å². The van der Waals surface area contributed by atoms with E-state index in [0.717, 1.165) is 0 Å². The van der Waals surface area contributed by atoms with E-state index in [1.165, 1.54) is 46.8 Å². The topological polar surface area (TPSA) is 119 Å². The molecule has 0 bridgehead atoms. The summed E-state index contributed by atoms with van der Waals surface area (Å²) in [6.45, 7) is 1.01. The van der Waals surface area contributed by atoms with Crippen LogP contribution in [0.3, 0.4) is 0 Å². The van der Waals surface area contributed by atoms with E-state index in [4.69, 9.17) is 16.3 Å². The van der Waals surface area contributed by atoms with Gasteiger partial charge in [-0.25, -0.2) is 8.42 Å². The fraction of sp³-hybridized carbons (Fsp3) is 0.278. The molecule has 2 aromatic carbocycles. The molecule has 0 spiro atoms. The average Bonchev–Trinajstić information content (AvgIpc) is 2.73. The van der Waals surface area contributed by atoms with Gasteiger partial charge in [-0.15, -0.1) is 0 Å². The molecule has 0 unspecified atom stereocenters. The zero-order valence-electron chi connectivity index (χ0n) is 15.2. The molecule has 1 aliphatic heterocycles. The Bertz CT molecular complexity index is 1040. The third-order valence-electron chi connectivity index (χ3n) is 4.36. The predicted molar refractivity (Wildman–Crippen MR) is 107 cm³/mol. The van der Waals surface area contributed by atoms with Crippen LogP contribution in [0, 0.1) is 10.1 Å². The van der Waals surface area contributed by atoms with Gasteiger partial charge in [0.1, 0.15) is 5.02 Å². The molecule has 0 aliphatic carbocycles. The number of anilines is 1. The van der Waals surface area contributed by atoms with Crippen molar-refractivity contribution in [3.63, 3.8) is 0 Å². The number of ether oxygens (including phenoxy) is 1. The van der Waals surface area contributed by atoms with Gasteiger partial charge in [0.25, 0.3) is 5.69 Å². The first kappa shape index (κ1) is 21.2. The van der Waals surface area contributed by atoms with Crippen LogP contribution in [-0.2, 0) is 14.8 Å². The number of Topliss-reactive ketones (excluding diaryl/α,β-unsaturated/α-hetero) is 1. The Morgan fingerprint density at radius 1 is 1.21 bits per heavy atom. The smallest absolute Gasteiger partial charge is 0.289 e. The fourth-order valence-corrected chi connectivity index (χ4v) is 4.45. The number of carbonyl (C=O) groups is 1. The van der Waals surface area contributed by atoms with Crippen molar-refractivity contribution in [3.05, 3.63) is 63.2 Å². The molecule has 1 N–H and O–H groups in total. The van der Waals surface area contributed by atoms with Gasteiger partial charge < -0.3 is 10.1 Å².